The van der Waals surface area contributed by atoms with Gasteiger partial charge in [-0.05, 0) is 51.1 Å². The van der Waals surface area contributed by atoms with Crippen molar-refractivity contribution in [2.45, 2.75) is 58.9 Å². The van der Waals surface area contributed by atoms with Gasteiger partial charge >= 0.3 is 0 Å². The van der Waals surface area contributed by atoms with E-state index in [9.17, 15) is 0 Å². The molecule has 1 aliphatic rings. The van der Waals surface area contributed by atoms with Crippen LogP contribution in [-0.2, 0) is 6.42 Å². The number of hydrogen-bond acceptors (Lipinski definition) is 2. The normalized spacial score (nSPS) is 25.2. The van der Waals surface area contributed by atoms with Crippen LogP contribution in [0.15, 0.2) is 0 Å². The van der Waals surface area contributed by atoms with Gasteiger partial charge in [0, 0.05) is 5.69 Å². The van der Waals surface area contributed by atoms with Crippen LogP contribution in [0.3, 0.4) is 0 Å². The number of hydrogen-bond donors (Lipinski definition) is 1. The summed E-state index contributed by atoms with van der Waals surface area (Å²) >= 11 is 0. The zero-order valence-electron chi connectivity index (χ0n) is 11.4. The lowest BCUT2D eigenvalue weighted by molar-refractivity contribution is 0.263. The lowest BCUT2D eigenvalue weighted by atomic mass is 9.87. The molecule has 2 N–H and O–H groups in total. The Morgan fingerprint density at radius 3 is 2.76 bits per heavy atom. The number of aromatic nitrogens is 2. The Hall–Kier alpha value is -0.830. The highest BCUT2D eigenvalue weighted by molar-refractivity contribution is 5.25. The number of rotatable bonds is 3. The van der Waals surface area contributed by atoms with Gasteiger partial charge < -0.3 is 5.73 Å². The smallest absolute Gasteiger partial charge is 0.0629 e. The summed E-state index contributed by atoms with van der Waals surface area (Å²) in [6.45, 7) is 7.39. The number of aryl methyl sites for hydroxylation is 1. The van der Waals surface area contributed by atoms with Crippen LogP contribution in [0.1, 0.15) is 55.6 Å². The second-order valence-corrected chi connectivity index (χ2v) is 5.56. The topological polar surface area (TPSA) is 43.8 Å². The molecule has 2 atom stereocenters. The van der Waals surface area contributed by atoms with Crippen LogP contribution in [0.25, 0.3) is 0 Å². The van der Waals surface area contributed by atoms with Crippen molar-refractivity contribution in [1.82, 2.24) is 9.78 Å². The predicted molar refractivity (Wildman–Crippen MR) is 71.1 cm³/mol. The molecule has 0 spiro atoms. The fraction of sp³-hybridized carbons (Fsp3) is 0.786. The maximum absolute atomic E-state index is 5.67. The molecular formula is C14H25N3. The van der Waals surface area contributed by atoms with Crippen molar-refractivity contribution in [3.63, 3.8) is 0 Å². The van der Waals surface area contributed by atoms with Crippen molar-refractivity contribution in [2.24, 2.45) is 11.7 Å². The molecule has 0 aromatic carbocycles. The first-order valence-corrected chi connectivity index (χ1v) is 6.88. The van der Waals surface area contributed by atoms with Gasteiger partial charge in [-0.2, -0.15) is 5.10 Å². The van der Waals surface area contributed by atoms with Gasteiger partial charge in [0.25, 0.3) is 0 Å². The summed E-state index contributed by atoms with van der Waals surface area (Å²) in [6.07, 6.45) is 6.25. The van der Waals surface area contributed by atoms with Crippen LogP contribution in [-0.4, -0.2) is 16.3 Å². The summed E-state index contributed by atoms with van der Waals surface area (Å²) in [5.74, 6) is 0.843. The van der Waals surface area contributed by atoms with E-state index in [2.05, 4.69) is 25.5 Å². The fourth-order valence-corrected chi connectivity index (χ4v) is 3.18. The van der Waals surface area contributed by atoms with Gasteiger partial charge in [-0.15, -0.1) is 0 Å². The average molecular weight is 235 g/mol. The lowest BCUT2D eigenvalue weighted by Gasteiger charge is -2.28. The molecule has 0 bridgehead atoms. The molecule has 1 saturated carbocycles. The summed E-state index contributed by atoms with van der Waals surface area (Å²) in [4.78, 5) is 0. The van der Waals surface area contributed by atoms with Gasteiger partial charge in [-0.3, -0.25) is 4.68 Å². The Kier molecular flexibility index (Phi) is 3.87. The summed E-state index contributed by atoms with van der Waals surface area (Å²) in [5, 5.41) is 4.75. The number of nitrogens with zero attached hydrogens (tertiary/aromatic N) is 2. The van der Waals surface area contributed by atoms with Crippen LogP contribution in [0.5, 0.6) is 0 Å². The quantitative estimate of drug-likeness (QED) is 0.875. The Balaban J connectivity index is 2.23. The second kappa shape index (κ2) is 5.21. The summed E-state index contributed by atoms with van der Waals surface area (Å²) in [6, 6.07) is 0.615. The largest absolute Gasteiger partial charge is 0.330 e. The molecule has 1 aromatic heterocycles. The molecule has 2 unspecified atom stereocenters. The third kappa shape index (κ3) is 2.54. The number of nitrogens with two attached hydrogens (primary N) is 1. The molecule has 0 aliphatic heterocycles. The summed E-state index contributed by atoms with van der Waals surface area (Å²) in [7, 11) is 0. The molecule has 3 heteroatoms. The minimum Gasteiger partial charge on any atom is -0.330 e. The van der Waals surface area contributed by atoms with E-state index in [0.717, 1.165) is 12.3 Å². The predicted octanol–water partition coefficient (Wildman–Crippen LogP) is 2.75. The van der Waals surface area contributed by atoms with Gasteiger partial charge in [0.15, 0.2) is 0 Å². The zero-order valence-corrected chi connectivity index (χ0v) is 11.4. The fourth-order valence-electron chi connectivity index (χ4n) is 3.18. The first-order valence-electron chi connectivity index (χ1n) is 6.88. The highest BCUT2D eigenvalue weighted by atomic mass is 15.3. The standard InChI is InChI=1S/C14H25N3/c1-10-5-4-6-13(9-10)17-12(3)14(7-8-15)11(2)16-17/h10,13H,4-9,15H2,1-3H3. The van der Waals surface area contributed by atoms with E-state index in [1.165, 1.54) is 42.6 Å². The monoisotopic (exact) mass is 235 g/mol. The molecule has 1 aromatic rings. The SMILES string of the molecule is Cc1nn(C2CCCC(C)C2)c(C)c1CCN. The van der Waals surface area contributed by atoms with Crippen LogP contribution < -0.4 is 5.73 Å². The molecule has 96 valence electrons. The Bertz CT molecular complexity index is 381. The van der Waals surface area contributed by atoms with Crippen LogP contribution >= 0.6 is 0 Å². The first-order chi connectivity index (χ1) is 8.13. The van der Waals surface area contributed by atoms with Gasteiger partial charge in [0.1, 0.15) is 0 Å². The Morgan fingerprint density at radius 1 is 1.35 bits per heavy atom. The van der Waals surface area contributed by atoms with Crippen LogP contribution in [0.2, 0.25) is 0 Å². The minimum absolute atomic E-state index is 0.615. The van der Waals surface area contributed by atoms with E-state index < -0.39 is 0 Å². The van der Waals surface area contributed by atoms with E-state index in [1.807, 2.05) is 0 Å². The average Bonchev–Trinajstić information content (AvgIpc) is 2.57. The molecular weight excluding hydrogens is 210 g/mol. The lowest BCUT2D eigenvalue weighted by Crippen LogP contribution is -2.19. The molecule has 1 heterocycles. The van der Waals surface area contributed by atoms with Crippen molar-refractivity contribution in [3.8, 4) is 0 Å². The minimum atomic E-state index is 0.615. The van der Waals surface area contributed by atoms with Crippen molar-refractivity contribution in [2.75, 3.05) is 6.54 Å². The maximum atomic E-state index is 5.67. The Labute approximate surface area is 104 Å². The molecule has 3 nitrogen and oxygen atoms in total. The van der Waals surface area contributed by atoms with E-state index in [-0.39, 0.29) is 0 Å². The molecule has 17 heavy (non-hydrogen) atoms. The maximum Gasteiger partial charge on any atom is 0.0629 e. The van der Waals surface area contributed by atoms with Gasteiger partial charge in [-0.1, -0.05) is 19.8 Å². The molecule has 2 rings (SSSR count). The van der Waals surface area contributed by atoms with Crippen molar-refractivity contribution in [1.29, 1.82) is 0 Å². The molecule has 0 saturated heterocycles. The zero-order chi connectivity index (χ0) is 12.4. The summed E-state index contributed by atoms with van der Waals surface area (Å²) < 4.78 is 2.27. The van der Waals surface area contributed by atoms with E-state index in [4.69, 9.17) is 10.8 Å². The second-order valence-electron chi connectivity index (χ2n) is 5.56. The van der Waals surface area contributed by atoms with Crippen LogP contribution in [0, 0.1) is 19.8 Å². The van der Waals surface area contributed by atoms with E-state index >= 15 is 0 Å². The third-order valence-electron chi connectivity index (χ3n) is 4.12. The molecule has 1 fully saturated rings. The van der Waals surface area contributed by atoms with Crippen molar-refractivity contribution < 1.29 is 0 Å². The molecule has 0 amide bonds. The molecule has 1 aliphatic carbocycles. The van der Waals surface area contributed by atoms with E-state index in [1.54, 1.807) is 0 Å². The van der Waals surface area contributed by atoms with Crippen molar-refractivity contribution in [3.05, 3.63) is 17.0 Å². The van der Waals surface area contributed by atoms with Gasteiger partial charge in [0.05, 0.1) is 11.7 Å². The Morgan fingerprint density at radius 2 is 2.12 bits per heavy atom. The summed E-state index contributed by atoms with van der Waals surface area (Å²) in [5.41, 5.74) is 9.55. The van der Waals surface area contributed by atoms with Gasteiger partial charge in [-0.25, -0.2) is 0 Å². The van der Waals surface area contributed by atoms with E-state index in [0.29, 0.717) is 12.6 Å². The molecule has 0 radical (unpaired) electrons. The highest BCUT2D eigenvalue weighted by Gasteiger charge is 2.23. The third-order valence-corrected chi connectivity index (χ3v) is 4.12. The van der Waals surface area contributed by atoms with Crippen LogP contribution in [0.4, 0.5) is 0 Å². The van der Waals surface area contributed by atoms with Gasteiger partial charge in [0.2, 0.25) is 0 Å². The highest BCUT2D eigenvalue weighted by Crippen LogP contribution is 2.33. The van der Waals surface area contributed by atoms with Crippen molar-refractivity contribution >= 4 is 0 Å². The first kappa shape index (κ1) is 12.6.